The van der Waals surface area contributed by atoms with Gasteiger partial charge in [0.15, 0.2) is 0 Å². The van der Waals surface area contributed by atoms with Crippen molar-refractivity contribution >= 4 is 29.2 Å². The quantitative estimate of drug-likeness (QED) is 0.675. The average molecular weight is 416 g/mol. The fourth-order valence-electron chi connectivity index (χ4n) is 3.09. The molecule has 0 aliphatic carbocycles. The molecule has 0 radical (unpaired) electrons. The Hall–Kier alpha value is -3.49. The van der Waals surface area contributed by atoms with E-state index in [-0.39, 0.29) is 24.6 Å². The van der Waals surface area contributed by atoms with E-state index in [1.165, 1.54) is 0 Å². The highest BCUT2D eigenvalue weighted by Crippen LogP contribution is 2.22. The maximum absolute atomic E-state index is 13.6. The van der Waals surface area contributed by atoms with E-state index in [0.29, 0.717) is 30.5 Å². The highest BCUT2D eigenvalue weighted by molar-refractivity contribution is 5.99. The summed E-state index contributed by atoms with van der Waals surface area (Å²) in [7, 11) is 0. The first-order chi connectivity index (χ1) is 14.4. The number of hydrogen-bond donors (Lipinski definition) is 3. The largest absolute Gasteiger partial charge is 0.351 e. The molecule has 0 unspecified atom stereocenters. The van der Waals surface area contributed by atoms with Crippen LogP contribution in [0.1, 0.15) is 29.6 Å². The second-order valence-electron chi connectivity index (χ2n) is 6.85. The molecular formula is C21H22F2N4O3. The van der Waals surface area contributed by atoms with E-state index in [1.807, 2.05) is 0 Å². The van der Waals surface area contributed by atoms with Gasteiger partial charge in [0.25, 0.3) is 5.91 Å². The van der Waals surface area contributed by atoms with Gasteiger partial charge >= 0.3 is 6.03 Å². The number of hydrogen-bond acceptors (Lipinski definition) is 3. The summed E-state index contributed by atoms with van der Waals surface area (Å²) in [5.41, 5.74) is 0.609. The van der Waals surface area contributed by atoms with Crippen molar-refractivity contribution in [2.45, 2.75) is 19.3 Å². The van der Waals surface area contributed by atoms with Crippen LogP contribution in [0.3, 0.4) is 0 Å². The Kier molecular flexibility index (Phi) is 6.95. The zero-order chi connectivity index (χ0) is 21.5. The van der Waals surface area contributed by atoms with Crippen LogP contribution in [-0.4, -0.2) is 42.4 Å². The highest BCUT2D eigenvalue weighted by atomic mass is 19.1. The van der Waals surface area contributed by atoms with Crippen LogP contribution in [0.5, 0.6) is 0 Å². The van der Waals surface area contributed by atoms with Crippen LogP contribution < -0.4 is 16.0 Å². The number of anilines is 2. The normalized spacial score (nSPS) is 13.1. The van der Waals surface area contributed by atoms with Gasteiger partial charge in [-0.1, -0.05) is 12.1 Å². The molecule has 0 spiro atoms. The lowest BCUT2D eigenvalue weighted by atomic mass is 10.2. The number of likely N-dealkylation sites (tertiary alicyclic amines) is 1. The standard InChI is InChI=1S/C21H22F2N4O3/c22-14-7-8-15(16(23)13-14)20(29)24-10-9-19(28)25-17-5-1-2-6-18(17)26-21(30)27-11-3-4-12-27/h1-2,5-8,13H,3-4,9-12H2,(H,24,29)(H,25,28)(H,26,30). The van der Waals surface area contributed by atoms with Crippen LogP contribution in [-0.2, 0) is 4.79 Å². The van der Waals surface area contributed by atoms with Crippen molar-refractivity contribution in [3.63, 3.8) is 0 Å². The van der Waals surface area contributed by atoms with Gasteiger partial charge < -0.3 is 20.9 Å². The minimum atomic E-state index is -0.973. The van der Waals surface area contributed by atoms with Crippen LogP contribution in [0.4, 0.5) is 25.0 Å². The molecule has 4 amide bonds. The summed E-state index contributed by atoms with van der Waals surface area (Å²) in [5.74, 6) is -2.88. The maximum Gasteiger partial charge on any atom is 0.321 e. The molecule has 9 heteroatoms. The van der Waals surface area contributed by atoms with Crippen LogP contribution in [0, 0.1) is 11.6 Å². The number of nitrogens with zero attached hydrogens (tertiary/aromatic N) is 1. The number of benzene rings is 2. The van der Waals surface area contributed by atoms with Crippen molar-refractivity contribution < 1.29 is 23.2 Å². The van der Waals surface area contributed by atoms with Gasteiger partial charge in [0, 0.05) is 32.1 Å². The van der Waals surface area contributed by atoms with E-state index in [4.69, 9.17) is 0 Å². The number of nitrogens with one attached hydrogen (secondary N) is 3. The summed E-state index contributed by atoms with van der Waals surface area (Å²) < 4.78 is 26.5. The Labute approximate surface area is 172 Å². The molecule has 3 rings (SSSR count). The monoisotopic (exact) mass is 416 g/mol. The number of para-hydroxylation sites is 2. The average Bonchev–Trinajstić information content (AvgIpc) is 3.24. The zero-order valence-electron chi connectivity index (χ0n) is 16.2. The molecular weight excluding hydrogens is 394 g/mol. The predicted molar refractivity (Wildman–Crippen MR) is 108 cm³/mol. The van der Waals surface area contributed by atoms with E-state index in [9.17, 15) is 23.2 Å². The lowest BCUT2D eigenvalue weighted by molar-refractivity contribution is -0.116. The van der Waals surface area contributed by atoms with Gasteiger partial charge in [0.05, 0.1) is 16.9 Å². The van der Waals surface area contributed by atoms with Gasteiger partial charge in [-0.2, -0.15) is 0 Å². The number of urea groups is 1. The van der Waals surface area contributed by atoms with Crippen LogP contribution in [0.15, 0.2) is 42.5 Å². The number of carbonyl (C=O) groups excluding carboxylic acids is 3. The summed E-state index contributed by atoms with van der Waals surface area (Å²) in [6, 6.07) is 9.23. The summed E-state index contributed by atoms with van der Waals surface area (Å²) in [5, 5.41) is 7.91. The molecule has 2 aromatic rings. The van der Waals surface area contributed by atoms with Gasteiger partial charge in [-0.15, -0.1) is 0 Å². The highest BCUT2D eigenvalue weighted by Gasteiger charge is 2.19. The van der Waals surface area contributed by atoms with Crippen molar-refractivity contribution in [1.29, 1.82) is 0 Å². The number of carbonyl (C=O) groups is 3. The molecule has 0 aromatic heterocycles. The summed E-state index contributed by atoms with van der Waals surface area (Å²) in [6.45, 7) is 1.37. The number of rotatable bonds is 6. The topological polar surface area (TPSA) is 90.5 Å². The first-order valence-electron chi connectivity index (χ1n) is 9.62. The van der Waals surface area contributed by atoms with Gasteiger partial charge in [-0.3, -0.25) is 9.59 Å². The summed E-state index contributed by atoms with van der Waals surface area (Å²) >= 11 is 0. The second kappa shape index (κ2) is 9.82. The molecule has 7 nitrogen and oxygen atoms in total. The molecule has 1 aliphatic rings. The lowest BCUT2D eigenvalue weighted by Gasteiger charge is -2.18. The molecule has 2 aromatic carbocycles. The third kappa shape index (κ3) is 5.53. The fraction of sp³-hybridized carbons (Fsp3) is 0.286. The van der Waals surface area contributed by atoms with Crippen molar-refractivity contribution in [3.05, 3.63) is 59.7 Å². The van der Waals surface area contributed by atoms with E-state index in [0.717, 1.165) is 25.0 Å². The second-order valence-corrected chi connectivity index (χ2v) is 6.85. The number of amides is 4. The fourth-order valence-corrected chi connectivity index (χ4v) is 3.09. The maximum atomic E-state index is 13.6. The first-order valence-corrected chi connectivity index (χ1v) is 9.62. The van der Waals surface area contributed by atoms with E-state index in [2.05, 4.69) is 16.0 Å². The zero-order valence-corrected chi connectivity index (χ0v) is 16.2. The molecule has 30 heavy (non-hydrogen) atoms. The van der Waals surface area contributed by atoms with Crippen molar-refractivity contribution in [2.75, 3.05) is 30.3 Å². The van der Waals surface area contributed by atoms with Crippen LogP contribution in [0.25, 0.3) is 0 Å². The Bertz CT molecular complexity index is 946. The van der Waals surface area contributed by atoms with Gasteiger partial charge in [0.2, 0.25) is 5.91 Å². The molecule has 3 N–H and O–H groups in total. The third-order valence-corrected chi connectivity index (χ3v) is 4.65. The smallest absolute Gasteiger partial charge is 0.321 e. The molecule has 158 valence electrons. The summed E-state index contributed by atoms with van der Waals surface area (Å²) in [4.78, 5) is 38.2. The van der Waals surface area contributed by atoms with Gasteiger partial charge in [-0.25, -0.2) is 13.6 Å². The van der Waals surface area contributed by atoms with E-state index >= 15 is 0 Å². The van der Waals surface area contributed by atoms with Crippen molar-refractivity contribution in [2.24, 2.45) is 0 Å². The predicted octanol–water partition coefficient (Wildman–Crippen LogP) is 3.35. The number of halogens is 2. The van der Waals surface area contributed by atoms with Crippen LogP contribution in [0.2, 0.25) is 0 Å². The van der Waals surface area contributed by atoms with Crippen molar-refractivity contribution in [3.8, 4) is 0 Å². The molecule has 0 saturated carbocycles. The Morgan fingerprint density at radius 3 is 2.27 bits per heavy atom. The van der Waals surface area contributed by atoms with Crippen LogP contribution >= 0.6 is 0 Å². The van der Waals surface area contributed by atoms with E-state index < -0.39 is 23.4 Å². The Morgan fingerprint density at radius 2 is 1.60 bits per heavy atom. The van der Waals surface area contributed by atoms with Gasteiger partial charge in [0.1, 0.15) is 11.6 Å². The van der Waals surface area contributed by atoms with E-state index in [1.54, 1.807) is 29.2 Å². The Morgan fingerprint density at radius 1 is 0.933 bits per heavy atom. The molecule has 1 fully saturated rings. The SMILES string of the molecule is O=C(CCNC(=O)c1ccc(F)cc1F)Nc1ccccc1NC(=O)N1CCCC1. The summed E-state index contributed by atoms with van der Waals surface area (Å²) in [6.07, 6.45) is 1.88. The first kappa shape index (κ1) is 21.2. The lowest BCUT2D eigenvalue weighted by Crippen LogP contribution is -2.32. The molecule has 0 bridgehead atoms. The Balaban J connectivity index is 1.51. The minimum Gasteiger partial charge on any atom is -0.351 e. The van der Waals surface area contributed by atoms with Gasteiger partial charge in [-0.05, 0) is 37.1 Å². The molecule has 1 heterocycles. The minimum absolute atomic E-state index is 0.0379. The molecule has 0 atom stereocenters. The molecule has 1 saturated heterocycles. The van der Waals surface area contributed by atoms with Crippen molar-refractivity contribution in [1.82, 2.24) is 10.2 Å². The third-order valence-electron chi connectivity index (χ3n) is 4.65. The molecule has 1 aliphatic heterocycles.